The van der Waals surface area contributed by atoms with Gasteiger partial charge in [-0.1, -0.05) is 6.07 Å². The normalized spacial score (nSPS) is 10.2. The summed E-state index contributed by atoms with van der Waals surface area (Å²) in [5.41, 5.74) is 1.83. The van der Waals surface area contributed by atoms with Gasteiger partial charge in [-0.25, -0.2) is 0 Å². The summed E-state index contributed by atoms with van der Waals surface area (Å²) in [4.78, 5) is 23.6. The monoisotopic (exact) mass is 316 g/mol. The quantitative estimate of drug-likeness (QED) is 0.845. The van der Waals surface area contributed by atoms with Crippen LogP contribution in [-0.2, 0) is 11.8 Å². The van der Waals surface area contributed by atoms with Gasteiger partial charge in [0.1, 0.15) is 11.4 Å². The van der Waals surface area contributed by atoms with Crippen LogP contribution in [0.4, 0.5) is 5.69 Å². The van der Waals surface area contributed by atoms with Crippen LogP contribution in [0.2, 0.25) is 0 Å². The van der Waals surface area contributed by atoms with Gasteiger partial charge in [-0.05, 0) is 32.0 Å². The molecule has 0 atom stereocenters. The molecule has 1 aromatic carbocycles. The van der Waals surface area contributed by atoms with Crippen LogP contribution < -0.4 is 15.4 Å². The highest BCUT2D eigenvalue weighted by atomic mass is 16.5. The van der Waals surface area contributed by atoms with E-state index >= 15 is 0 Å². The summed E-state index contributed by atoms with van der Waals surface area (Å²) < 4.78 is 6.92. The van der Waals surface area contributed by atoms with Gasteiger partial charge in [-0.3, -0.25) is 14.3 Å². The van der Waals surface area contributed by atoms with Crippen LogP contribution in [0.3, 0.4) is 0 Å². The second kappa shape index (κ2) is 7.44. The van der Waals surface area contributed by atoms with Crippen molar-refractivity contribution in [1.82, 2.24) is 15.1 Å². The smallest absolute Gasteiger partial charge is 0.273 e. The molecule has 0 aliphatic rings. The second-order valence-corrected chi connectivity index (χ2v) is 5.02. The van der Waals surface area contributed by atoms with E-state index in [1.165, 1.54) is 4.68 Å². The molecular weight excluding hydrogens is 296 g/mol. The summed E-state index contributed by atoms with van der Waals surface area (Å²) in [7, 11) is 1.72. The molecule has 0 aliphatic carbocycles. The van der Waals surface area contributed by atoms with Crippen LogP contribution >= 0.6 is 0 Å². The third kappa shape index (κ3) is 4.57. The van der Waals surface area contributed by atoms with Crippen molar-refractivity contribution in [1.29, 1.82) is 0 Å². The number of nitrogens with zero attached hydrogens (tertiary/aromatic N) is 2. The van der Waals surface area contributed by atoms with E-state index in [-0.39, 0.29) is 18.4 Å². The molecule has 2 rings (SSSR count). The van der Waals surface area contributed by atoms with Gasteiger partial charge in [0.2, 0.25) is 0 Å². The molecule has 23 heavy (non-hydrogen) atoms. The van der Waals surface area contributed by atoms with Gasteiger partial charge in [0.25, 0.3) is 11.8 Å². The lowest BCUT2D eigenvalue weighted by Crippen LogP contribution is -2.28. The Kier molecular flexibility index (Phi) is 5.35. The number of benzene rings is 1. The summed E-state index contributed by atoms with van der Waals surface area (Å²) in [6.07, 6.45) is 0. The maximum Gasteiger partial charge on any atom is 0.273 e. The van der Waals surface area contributed by atoms with Gasteiger partial charge in [-0.15, -0.1) is 0 Å². The van der Waals surface area contributed by atoms with Crippen molar-refractivity contribution in [3.8, 4) is 5.75 Å². The third-order valence-corrected chi connectivity index (χ3v) is 3.07. The predicted molar refractivity (Wildman–Crippen MR) is 86.5 cm³/mol. The maximum atomic E-state index is 12.2. The molecule has 2 aromatic rings. The van der Waals surface area contributed by atoms with Crippen LogP contribution in [0.15, 0.2) is 30.3 Å². The highest BCUT2D eigenvalue weighted by molar-refractivity contribution is 6.03. The minimum Gasteiger partial charge on any atom is -0.484 e. The number of likely N-dealkylation sites (N-methyl/N-ethyl adjacent to an activating group) is 1. The zero-order valence-electron chi connectivity index (χ0n) is 13.4. The van der Waals surface area contributed by atoms with Gasteiger partial charge < -0.3 is 15.4 Å². The number of aromatic nitrogens is 2. The number of hydrogen-bond acceptors (Lipinski definition) is 4. The Bertz CT molecular complexity index is 709. The number of amides is 2. The fourth-order valence-corrected chi connectivity index (χ4v) is 2.08. The number of rotatable bonds is 6. The van der Waals surface area contributed by atoms with Crippen LogP contribution in [-0.4, -0.2) is 34.7 Å². The number of carbonyl (C=O) groups excluding carboxylic acids is 2. The third-order valence-electron chi connectivity index (χ3n) is 3.07. The molecule has 0 fully saturated rings. The topological polar surface area (TPSA) is 85.2 Å². The van der Waals surface area contributed by atoms with E-state index in [9.17, 15) is 9.59 Å². The van der Waals surface area contributed by atoms with Gasteiger partial charge in [0.05, 0.1) is 5.69 Å². The molecule has 0 spiro atoms. The molecule has 0 radical (unpaired) electrons. The first-order chi connectivity index (χ1) is 11.0. The highest BCUT2D eigenvalue weighted by Gasteiger charge is 2.12. The zero-order valence-corrected chi connectivity index (χ0v) is 13.4. The fraction of sp³-hybridized carbons (Fsp3) is 0.312. The summed E-state index contributed by atoms with van der Waals surface area (Å²) in [5.74, 6) is 0.0662. The van der Waals surface area contributed by atoms with Crippen LogP contribution in [0.5, 0.6) is 5.75 Å². The Morgan fingerprint density at radius 2 is 2.09 bits per heavy atom. The van der Waals surface area contributed by atoms with Gasteiger partial charge in [-0.2, -0.15) is 5.10 Å². The van der Waals surface area contributed by atoms with Crippen molar-refractivity contribution in [2.45, 2.75) is 13.8 Å². The van der Waals surface area contributed by atoms with E-state index in [4.69, 9.17) is 4.74 Å². The Balaban J connectivity index is 2.01. The van der Waals surface area contributed by atoms with E-state index in [0.717, 1.165) is 5.69 Å². The van der Waals surface area contributed by atoms with Crippen LogP contribution in [0.25, 0.3) is 0 Å². The fourth-order valence-electron chi connectivity index (χ4n) is 2.08. The van der Waals surface area contributed by atoms with E-state index in [1.807, 2.05) is 13.8 Å². The first-order valence-electron chi connectivity index (χ1n) is 7.31. The summed E-state index contributed by atoms with van der Waals surface area (Å²) in [6, 6.07) is 8.60. The van der Waals surface area contributed by atoms with Crippen molar-refractivity contribution in [2.24, 2.45) is 7.05 Å². The van der Waals surface area contributed by atoms with E-state index in [0.29, 0.717) is 23.7 Å². The molecule has 0 saturated heterocycles. The molecule has 0 aliphatic heterocycles. The Hall–Kier alpha value is -2.83. The molecule has 0 saturated carbocycles. The molecule has 7 nitrogen and oxygen atoms in total. The van der Waals surface area contributed by atoms with E-state index in [1.54, 1.807) is 37.4 Å². The number of aryl methyl sites for hydroxylation is 2. The second-order valence-electron chi connectivity index (χ2n) is 5.02. The molecule has 122 valence electrons. The summed E-state index contributed by atoms with van der Waals surface area (Å²) in [5, 5.41) is 9.58. The first-order valence-corrected chi connectivity index (χ1v) is 7.31. The summed E-state index contributed by atoms with van der Waals surface area (Å²) in [6.45, 7) is 4.16. The first kappa shape index (κ1) is 16.5. The van der Waals surface area contributed by atoms with Crippen molar-refractivity contribution >= 4 is 17.5 Å². The van der Waals surface area contributed by atoms with Crippen LogP contribution in [0.1, 0.15) is 23.1 Å². The van der Waals surface area contributed by atoms with Crippen molar-refractivity contribution in [3.05, 3.63) is 41.7 Å². The lowest BCUT2D eigenvalue weighted by molar-refractivity contribution is -0.122. The predicted octanol–water partition coefficient (Wildman–Crippen LogP) is 1.50. The zero-order chi connectivity index (χ0) is 16.8. The number of anilines is 1. The van der Waals surface area contributed by atoms with Gasteiger partial charge >= 0.3 is 0 Å². The maximum absolute atomic E-state index is 12.2. The molecular formula is C16H20N4O3. The van der Waals surface area contributed by atoms with Crippen molar-refractivity contribution < 1.29 is 14.3 Å². The number of nitrogens with one attached hydrogen (secondary N) is 2. The minimum atomic E-state index is -0.256. The average molecular weight is 316 g/mol. The average Bonchev–Trinajstić information content (AvgIpc) is 2.85. The van der Waals surface area contributed by atoms with Crippen LogP contribution in [0, 0.1) is 6.92 Å². The molecule has 7 heteroatoms. The Morgan fingerprint density at radius 3 is 2.74 bits per heavy atom. The molecule has 0 bridgehead atoms. The highest BCUT2D eigenvalue weighted by Crippen LogP contribution is 2.18. The largest absolute Gasteiger partial charge is 0.484 e. The summed E-state index contributed by atoms with van der Waals surface area (Å²) >= 11 is 0. The molecule has 2 amide bonds. The van der Waals surface area contributed by atoms with E-state index in [2.05, 4.69) is 15.7 Å². The lowest BCUT2D eigenvalue weighted by Gasteiger charge is -2.09. The van der Waals surface area contributed by atoms with Crippen molar-refractivity contribution in [3.63, 3.8) is 0 Å². The van der Waals surface area contributed by atoms with E-state index < -0.39 is 0 Å². The Labute approximate surface area is 134 Å². The molecule has 1 heterocycles. The molecule has 2 N–H and O–H groups in total. The minimum absolute atomic E-state index is 0.0633. The number of carbonyl (C=O) groups is 2. The standard InChI is InChI=1S/C16H20N4O3/c1-4-17-15(21)10-23-13-7-5-6-12(9-13)18-16(22)14-8-11(2)19-20(14)3/h5-9H,4,10H2,1-3H3,(H,17,21)(H,18,22). The SMILES string of the molecule is CCNC(=O)COc1cccc(NC(=O)c2cc(C)nn2C)c1. The number of hydrogen-bond donors (Lipinski definition) is 2. The Morgan fingerprint density at radius 1 is 1.30 bits per heavy atom. The number of ether oxygens (including phenoxy) is 1. The van der Waals surface area contributed by atoms with Crippen molar-refractivity contribution in [2.75, 3.05) is 18.5 Å². The lowest BCUT2D eigenvalue weighted by atomic mass is 10.3. The van der Waals surface area contributed by atoms with Gasteiger partial charge in [0.15, 0.2) is 6.61 Å². The molecule has 0 unspecified atom stereocenters. The molecule has 1 aromatic heterocycles. The van der Waals surface area contributed by atoms with Gasteiger partial charge in [0, 0.05) is 25.3 Å².